The number of hydrogen-bond donors (Lipinski definition) is 1. The number of aliphatic imine (C=N–C) groups is 1. The van der Waals surface area contributed by atoms with Gasteiger partial charge >= 0.3 is 32.7 Å². The minimum atomic E-state index is -3.45. The molecule has 1 aliphatic heterocycles. The summed E-state index contributed by atoms with van der Waals surface area (Å²) in [6.45, 7) is 10.5. The molecule has 17 heavy (non-hydrogen) atoms. The number of allylic oxidation sites excluding steroid dienone is 3. The molecule has 88 valence electrons. The number of rotatable bonds is 3. The summed E-state index contributed by atoms with van der Waals surface area (Å²) < 4.78 is 22.9. The number of sulfone groups is 1. The van der Waals surface area contributed by atoms with Crippen molar-refractivity contribution in [3.05, 3.63) is 48.4 Å². The van der Waals surface area contributed by atoms with Gasteiger partial charge in [-0.25, -0.2) is 15.3 Å². The number of hydrogen-bond acceptors (Lipinski definition) is 4. The molecule has 0 unspecified atom stereocenters. The molecule has 0 radical (unpaired) electrons. The molecule has 6 heteroatoms. The second-order valence-electron chi connectivity index (χ2n) is 3.19. The Morgan fingerprint density at radius 1 is 1.65 bits per heavy atom. The van der Waals surface area contributed by atoms with Crippen molar-refractivity contribution in [2.75, 3.05) is 5.75 Å². The largest absolute Gasteiger partial charge is 3.00 e. The summed E-state index contributed by atoms with van der Waals surface area (Å²) in [6, 6.07) is 0. The number of aliphatic hydroxyl groups excluding tert-OH is 1. The van der Waals surface area contributed by atoms with Gasteiger partial charge in [0.15, 0.2) is 9.84 Å². The molecule has 0 aliphatic carbocycles. The Morgan fingerprint density at radius 2 is 2.24 bits per heavy atom. The third kappa shape index (κ3) is 4.09. The van der Waals surface area contributed by atoms with Gasteiger partial charge < -0.3 is 17.0 Å². The zero-order valence-electron chi connectivity index (χ0n) is 9.31. The fourth-order valence-electron chi connectivity index (χ4n) is 1.03. The van der Waals surface area contributed by atoms with E-state index in [9.17, 15) is 13.5 Å². The quantitative estimate of drug-likeness (QED) is 0.486. The summed E-state index contributed by atoms with van der Waals surface area (Å²) in [4.78, 5) is 3.60. The van der Waals surface area contributed by atoms with Crippen LogP contribution in [0.2, 0.25) is 0 Å². The Bertz CT molecular complexity index is 501. The van der Waals surface area contributed by atoms with Gasteiger partial charge in [0, 0.05) is 5.76 Å². The van der Waals surface area contributed by atoms with Crippen LogP contribution in [0.3, 0.4) is 0 Å². The van der Waals surface area contributed by atoms with Crippen molar-refractivity contribution in [2.24, 2.45) is 4.99 Å². The standard InChI is InChI=1S/C11H12NO3S.Y/c1-4-8(2)7-10(13)11-9(3)16(14,15)6-5-12-11;/h5,13H,1-4,6H2;/q-3;+3. The topological polar surface area (TPSA) is 66.7 Å². The van der Waals surface area contributed by atoms with Crippen molar-refractivity contribution < 1.29 is 46.2 Å². The fourth-order valence-corrected chi connectivity index (χ4v) is 1.94. The molecule has 1 aliphatic rings. The minimum absolute atomic E-state index is 0. The molecule has 0 atom stereocenters. The average Bonchev–Trinajstić information content (AvgIpc) is 2.21. The van der Waals surface area contributed by atoms with Crippen LogP contribution in [0.5, 0.6) is 0 Å². The van der Waals surface area contributed by atoms with E-state index in [0.717, 1.165) is 0 Å². The molecule has 0 amide bonds. The van der Waals surface area contributed by atoms with Crippen molar-refractivity contribution >= 4 is 16.1 Å². The van der Waals surface area contributed by atoms with Gasteiger partial charge in [0.05, 0.1) is 5.75 Å². The van der Waals surface area contributed by atoms with Gasteiger partial charge in [-0.15, -0.1) is 6.08 Å². The summed E-state index contributed by atoms with van der Waals surface area (Å²) in [6.07, 6.45) is 4.08. The van der Waals surface area contributed by atoms with Crippen LogP contribution in [0.4, 0.5) is 0 Å². The van der Waals surface area contributed by atoms with Crippen LogP contribution in [0.1, 0.15) is 6.42 Å². The van der Waals surface area contributed by atoms with Crippen molar-refractivity contribution in [1.29, 1.82) is 0 Å². The first kappa shape index (κ1) is 16.6. The molecule has 0 aromatic carbocycles. The third-order valence-corrected chi connectivity index (χ3v) is 3.51. The predicted molar refractivity (Wildman–Crippen MR) is 63.2 cm³/mol. The van der Waals surface area contributed by atoms with Crippen LogP contribution < -0.4 is 0 Å². The van der Waals surface area contributed by atoms with Gasteiger partial charge in [0.2, 0.25) is 0 Å². The minimum Gasteiger partial charge on any atom is -0.538 e. The van der Waals surface area contributed by atoms with Gasteiger partial charge in [-0.05, 0) is 11.9 Å². The third-order valence-electron chi connectivity index (χ3n) is 1.98. The van der Waals surface area contributed by atoms with Crippen molar-refractivity contribution in [2.45, 2.75) is 6.42 Å². The molecule has 0 saturated heterocycles. The molecule has 0 spiro atoms. The smallest absolute Gasteiger partial charge is 0.538 e. The SMILES string of the molecule is C=C([C-]=C(O)C1=C([CH2-])S(=O)(=O)CC=N1)C[CH2-].[Y+3]. The maximum atomic E-state index is 11.5. The predicted octanol–water partition coefficient (Wildman–Crippen LogP) is 1.55. The first-order chi connectivity index (χ1) is 7.38. The normalized spacial score (nSPS) is 18.8. The molecule has 1 rings (SSSR count). The van der Waals surface area contributed by atoms with Crippen LogP contribution in [-0.4, -0.2) is 25.5 Å². The molecule has 4 nitrogen and oxygen atoms in total. The van der Waals surface area contributed by atoms with Gasteiger partial charge in [-0.1, -0.05) is 4.91 Å². The van der Waals surface area contributed by atoms with Crippen LogP contribution in [0.25, 0.3) is 0 Å². The Morgan fingerprint density at radius 3 is 2.76 bits per heavy atom. The Labute approximate surface area is 127 Å². The summed E-state index contributed by atoms with van der Waals surface area (Å²) >= 11 is 0. The molecular weight excluding hydrogens is 315 g/mol. The molecule has 0 bridgehead atoms. The first-order valence-electron chi connectivity index (χ1n) is 4.50. The molecule has 0 aromatic rings. The van der Waals surface area contributed by atoms with E-state index in [-0.39, 0.29) is 54.8 Å². The van der Waals surface area contributed by atoms with E-state index in [2.05, 4.69) is 31.5 Å². The van der Waals surface area contributed by atoms with Gasteiger partial charge in [0.1, 0.15) is 0 Å². The van der Waals surface area contributed by atoms with E-state index in [1.54, 1.807) is 0 Å². The van der Waals surface area contributed by atoms with Gasteiger partial charge in [-0.2, -0.15) is 18.6 Å². The summed E-state index contributed by atoms with van der Waals surface area (Å²) in [5, 5.41) is 9.62. The van der Waals surface area contributed by atoms with E-state index >= 15 is 0 Å². The zero-order valence-corrected chi connectivity index (χ0v) is 13.0. The number of nitrogens with zero attached hydrogens (tertiary/aromatic N) is 1. The number of aliphatic hydroxyl groups is 1. The van der Waals surface area contributed by atoms with Crippen LogP contribution in [0, 0.1) is 19.9 Å². The van der Waals surface area contributed by atoms with Crippen LogP contribution in [0.15, 0.2) is 33.5 Å². The Hall–Kier alpha value is -0.386. The van der Waals surface area contributed by atoms with Crippen molar-refractivity contribution in [1.82, 2.24) is 0 Å². The second kappa shape index (κ2) is 6.52. The monoisotopic (exact) mass is 327 g/mol. The Kier molecular flexibility index (Phi) is 6.37. The van der Waals surface area contributed by atoms with E-state index in [1.165, 1.54) is 6.21 Å². The maximum absolute atomic E-state index is 11.5. The summed E-state index contributed by atoms with van der Waals surface area (Å²) in [7, 11) is -3.45. The van der Waals surface area contributed by atoms with E-state index in [4.69, 9.17) is 0 Å². The Balaban J connectivity index is 0.00000256. The van der Waals surface area contributed by atoms with Gasteiger partial charge in [-0.3, -0.25) is 0 Å². The van der Waals surface area contributed by atoms with Crippen molar-refractivity contribution in [3.8, 4) is 0 Å². The second-order valence-corrected chi connectivity index (χ2v) is 5.25. The summed E-state index contributed by atoms with van der Waals surface area (Å²) in [5.74, 6) is -0.572. The van der Waals surface area contributed by atoms with Crippen LogP contribution in [-0.2, 0) is 42.5 Å². The van der Waals surface area contributed by atoms with Gasteiger partial charge in [0.25, 0.3) is 0 Å². The molecule has 1 N–H and O–H groups in total. The first-order valence-corrected chi connectivity index (χ1v) is 6.15. The molecule has 0 fully saturated rings. The van der Waals surface area contributed by atoms with E-state index in [0.29, 0.717) is 12.0 Å². The van der Waals surface area contributed by atoms with Crippen molar-refractivity contribution in [3.63, 3.8) is 0 Å². The zero-order chi connectivity index (χ0) is 12.3. The van der Waals surface area contributed by atoms with Crippen LogP contribution >= 0.6 is 0 Å². The molecule has 0 aromatic heterocycles. The average molecular weight is 327 g/mol. The van der Waals surface area contributed by atoms with E-state index < -0.39 is 9.84 Å². The molecule has 0 saturated carbocycles. The molecular formula is C11H12NO3SY. The maximum Gasteiger partial charge on any atom is 3.00 e. The fraction of sp³-hybridized carbons (Fsp3) is 0.182. The molecule has 1 heterocycles. The summed E-state index contributed by atoms with van der Waals surface area (Å²) in [5.41, 5.74) is 0.372. The van der Waals surface area contributed by atoms with E-state index in [1.807, 2.05) is 0 Å².